The molecule has 0 spiro atoms. The van der Waals surface area contributed by atoms with Gasteiger partial charge < -0.3 is 20.1 Å². The summed E-state index contributed by atoms with van der Waals surface area (Å²) in [6.07, 6.45) is 3.77. The highest BCUT2D eigenvalue weighted by molar-refractivity contribution is 7.51. The van der Waals surface area contributed by atoms with E-state index >= 15 is 0 Å². The van der Waals surface area contributed by atoms with Gasteiger partial charge in [-0.1, -0.05) is 50.4 Å². The summed E-state index contributed by atoms with van der Waals surface area (Å²) in [6.45, 7) is 8.73. The topological polar surface area (TPSA) is 106 Å². The number of unbranched alkanes of at least 4 members (excludes halogenated alkanes) is 1. The third-order valence-electron chi connectivity index (χ3n) is 5.74. The van der Waals surface area contributed by atoms with Crippen LogP contribution in [0.4, 0.5) is 0 Å². The van der Waals surface area contributed by atoms with Crippen LogP contribution in [0.1, 0.15) is 66.8 Å². The van der Waals surface area contributed by atoms with Gasteiger partial charge in [0.15, 0.2) is 0 Å². The molecule has 0 aliphatic carbocycles. The van der Waals surface area contributed by atoms with Gasteiger partial charge in [-0.15, -0.1) is 0 Å². The van der Waals surface area contributed by atoms with Crippen LogP contribution >= 0.6 is 19.2 Å². The standard InChI is InChI=1S/C23H34ClN2O4P/c1-5-8-15(2)13-20-22(18-10-9-16(3)19(24)14-18)21(23(25)27)17(4)26(20)11-6-7-12-31(28,29)30/h9-10,14-15H,5-8,11-13H2,1-4H3,(H2,25,27)(H2,28,29,30). The first-order valence-corrected chi connectivity index (χ1v) is 13.0. The molecule has 0 aliphatic heterocycles. The van der Waals surface area contributed by atoms with Crippen molar-refractivity contribution < 1.29 is 19.1 Å². The lowest BCUT2D eigenvalue weighted by atomic mass is 9.93. The highest BCUT2D eigenvalue weighted by Crippen LogP contribution is 2.38. The van der Waals surface area contributed by atoms with Gasteiger partial charge in [0.25, 0.3) is 5.91 Å². The number of hydrogen-bond donors (Lipinski definition) is 3. The number of aromatic nitrogens is 1. The van der Waals surface area contributed by atoms with Crippen LogP contribution in [0.3, 0.4) is 0 Å². The number of nitrogens with zero attached hydrogens (tertiary/aromatic N) is 1. The molecule has 1 unspecified atom stereocenters. The van der Waals surface area contributed by atoms with Gasteiger partial charge in [0.1, 0.15) is 0 Å². The minimum absolute atomic E-state index is 0.141. The summed E-state index contributed by atoms with van der Waals surface area (Å²) < 4.78 is 13.3. The monoisotopic (exact) mass is 468 g/mol. The van der Waals surface area contributed by atoms with Gasteiger partial charge in [0.2, 0.25) is 0 Å². The molecule has 0 aliphatic rings. The molecule has 31 heavy (non-hydrogen) atoms. The van der Waals surface area contributed by atoms with Crippen LogP contribution in [0, 0.1) is 19.8 Å². The van der Waals surface area contributed by atoms with E-state index in [1.54, 1.807) is 0 Å². The summed E-state index contributed by atoms with van der Waals surface area (Å²) in [4.78, 5) is 30.8. The van der Waals surface area contributed by atoms with Gasteiger partial charge in [-0.2, -0.15) is 0 Å². The molecule has 8 heteroatoms. The maximum atomic E-state index is 12.5. The molecule has 0 bridgehead atoms. The SMILES string of the molecule is CCCC(C)Cc1c(-c2ccc(C)c(Cl)c2)c(C(N)=O)c(C)n1CCCCP(=O)(O)O. The summed E-state index contributed by atoms with van der Waals surface area (Å²) >= 11 is 6.40. The molecule has 1 heterocycles. The van der Waals surface area contributed by atoms with Crippen LogP contribution in [0.25, 0.3) is 11.1 Å². The average molecular weight is 469 g/mol. The Balaban J connectivity index is 2.58. The molecule has 1 atom stereocenters. The Morgan fingerprint density at radius 1 is 1.26 bits per heavy atom. The quantitative estimate of drug-likeness (QED) is 0.300. The van der Waals surface area contributed by atoms with Crippen molar-refractivity contribution >= 4 is 25.1 Å². The van der Waals surface area contributed by atoms with Crippen molar-refractivity contribution in [1.82, 2.24) is 4.57 Å². The number of carbonyl (C=O) groups is 1. The molecule has 4 N–H and O–H groups in total. The summed E-state index contributed by atoms with van der Waals surface area (Å²) in [5.74, 6) is -0.0730. The van der Waals surface area contributed by atoms with Crippen LogP contribution in [0.5, 0.6) is 0 Å². The molecule has 6 nitrogen and oxygen atoms in total. The first kappa shape index (κ1) is 25.7. The second-order valence-electron chi connectivity index (χ2n) is 8.46. The van der Waals surface area contributed by atoms with Crippen LogP contribution in [0.15, 0.2) is 18.2 Å². The molecule has 2 aromatic rings. The largest absolute Gasteiger partial charge is 0.366 e. The zero-order valence-electron chi connectivity index (χ0n) is 18.8. The molecule has 0 saturated heterocycles. The second-order valence-corrected chi connectivity index (χ2v) is 10.6. The zero-order valence-corrected chi connectivity index (χ0v) is 20.5. The Labute approximate surface area is 190 Å². The molecular formula is C23H34ClN2O4P. The fourth-order valence-electron chi connectivity index (χ4n) is 4.19. The molecular weight excluding hydrogens is 435 g/mol. The predicted octanol–water partition coefficient (Wildman–Crippen LogP) is 5.46. The van der Waals surface area contributed by atoms with E-state index in [1.165, 1.54) is 0 Å². The number of carbonyl (C=O) groups excluding carboxylic acids is 1. The minimum Gasteiger partial charge on any atom is -0.366 e. The second kappa shape index (κ2) is 10.8. The van der Waals surface area contributed by atoms with Crippen molar-refractivity contribution in [2.45, 2.75) is 66.3 Å². The van der Waals surface area contributed by atoms with Gasteiger partial charge in [-0.05, 0) is 56.2 Å². The third kappa shape index (κ3) is 6.69. The van der Waals surface area contributed by atoms with E-state index in [2.05, 4.69) is 18.4 Å². The predicted molar refractivity (Wildman–Crippen MR) is 127 cm³/mol. The highest BCUT2D eigenvalue weighted by atomic mass is 35.5. The van der Waals surface area contributed by atoms with Gasteiger partial charge in [-0.3, -0.25) is 9.36 Å². The fourth-order valence-corrected chi connectivity index (χ4v) is 5.00. The van der Waals surface area contributed by atoms with Crippen molar-refractivity contribution in [2.24, 2.45) is 11.7 Å². The molecule has 0 fully saturated rings. The number of benzene rings is 1. The van der Waals surface area contributed by atoms with Gasteiger partial charge in [0, 0.05) is 34.7 Å². The fraction of sp³-hybridized carbons (Fsp3) is 0.522. The minimum atomic E-state index is -4.02. The van der Waals surface area contributed by atoms with Crippen LogP contribution in [-0.2, 0) is 17.5 Å². The van der Waals surface area contributed by atoms with E-state index in [4.69, 9.17) is 27.1 Å². The number of primary amides is 1. The number of amides is 1. The van der Waals surface area contributed by atoms with Crippen molar-refractivity contribution in [2.75, 3.05) is 6.16 Å². The van der Waals surface area contributed by atoms with Crippen LogP contribution in [-0.4, -0.2) is 26.4 Å². The molecule has 0 saturated carbocycles. The van der Waals surface area contributed by atoms with Gasteiger partial charge in [0.05, 0.1) is 5.56 Å². The van der Waals surface area contributed by atoms with Gasteiger partial charge >= 0.3 is 7.60 Å². The van der Waals surface area contributed by atoms with Crippen LogP contribution in [0.2, 0.25) is 5.02 Å². The number of nitrogens with two attached hydrogens (primary N) is 1. The van der Waals surface area contributed by atoms with Crippen molar-refractivity contribution in [1.29, 1.82) is 0 Å². The molecule has 0 radical (unpaired) electrons. The maximum Gasteiger partial charge on any atom is 0.325 e. The molecule has 1 aromatic heterocycles. The van der Waals surface area contributed by atoms with Crippen molar-refractivity contribution in [3.63, 3.8) is 0 Å². The Bertz CT molecular complexity index is 980. The normalized spacial score (nSPS) is 12.9. The molecule has 172 valence electrons. The van der Waals surface area contributed by atoms with E-state index in [9.17, 15) is 9.36 Å². The Morgan fingerprint density at radius 2 is 1.94 bits per heavy atom. The lowest BCUT2D eigenvalue weighted by Gasteiger charge is -2.17. The van der Waals surface area contributed by atoms with E-state index in [0.29, 0.717) is 35.9 Å². The number of hydrogen-bond acceptors (Lipinski definition) is 2. The highest BCUT2D eigenvalue weighted by Gasteiger charge is 2.26. The first-order valence-electron chi connectivity index (χ1n) is 10.8. The van der Waals surface area contributed by atoms with E-state index in [1.807, 2.05) is 32.0 Å². The molecule has 1 aromatic carbocycles. The lowest BCUT2D eigenvalue weighted by Crippen LogP contribution is -2.13. The Morgan fingerprint density at radius 3 is 2.48 bits per heavy atom. The summed E-state index contributed by atoms with van der Waals surface area (Å²) in [5.41, 5.74) is 10.8. The van der Waals surface area contributed by atoms with E-state index in [0.717, 1.165) is 47.3 Å². The summed E-state index contributed by atoms with van der Waals surface area (Å²) in [5, 5.41) is 0.632. The summed E-state index contributed by atoms with van der Waals surface area (Å²) in [7, 11) is -4.02. The van der Waals surface area contributed by atoms with Crippen molar-refractivity contribution in [3.05, 3.63) is 45.7 Å². The lowest BCUT2D eigenvalue weighted by molar-refractivity contribution is 0.1000. The van der Waals surface area contributed by atoms with Crippen molar-refractivity contribution in [3.8, 4) is 11.1 Å². The Kier molecular flexibility index (Phi) is 8.96. The smallest absolute Gasteiger partial charge is 0.325 e. The van der Waals surface area contributed by atoms with E-state index < -0.39 is 13.5 Å². The van der Waals surface area contributed by atoms with Gasteiger partial charge in [-0.25, -0.2) is 0 Å². The number of rotatable bonds is 11. The zero-order chi connectivity index (χ0) is 23.3. The number of halogens is 1. The van der Waals surface area contributed by atoms with E-state index in [-0.39, 0.29) is 6.16 Å². The average Bonchev–Trinajstić information content (AvgIpc) is 2.92. The molecule has 1 amide bonds. The molecule has 2 rings (SSSR count). The Hall–Kier alpha value is -1.59. The number of aryl methyl sites for hydroxylation is 1. The summed E-state index contributed by atoms with van der Waals surface area (Å²) in [6, 6.07) is 5.78. The maximum absolute atomic E-state index is 12.5. The van der Waals surface area contributed by atoms with Crippen LogP contribution < -0.4 is 5.73 Å². The third-order valence-corrected chi connectivity index (χ3v) is 7.05. The first-order chi connectivity index (χ1) is 14.5.